The molecule has 3 aromatic rings. The number of hydrogen-bond donors (Lipinski definition) is 1. The van der Waals surface area contributed by atoms with Gasteiger partial charge in [-0.2, -0.15) is 0 Å². The van der Waals surface area contributed by atoms with E-state index in [1.165, 1.54) is 5.56 Å². The summed E-state index contributed by atoms with van der Waals surface area (Å²) in [5.41, 5.74) is 5.07. The number of benzene rings is 2. The lowest BCUT2D eigenvalue weighted by atomic mass is 10.0. The van der Waals surface area contributed by atoms with Crippen molar-refractivity contribution in [2.75, 3.05) is 7.11 Å². The summed E-state index contributed by atoms with van der Waals surface area (Å²) in [5, 5.41) is 4.18. The predicted octanol–water partition coefficient (Wildman–Crippen LogP) is 5.20. The molecule has 4 nitrogen and oxygen atoms in total. The molecule has 1 aromatic heterocycles. The Morgan fingerprint density at radius 1 is 1.21 bits per heavy atom. The molecule has 0 saturated heterocycles. The summed E-state index contributed by atoms with van der Waals surface area (Å²) in [4.78, 5) is 13.1. The van der Waals surface area contributed by atoms with Gasteiger partial charge >= 0.3 is 0 Å². The lowest BCUT2D eigenvalue weighted by molar-refractivity contribution is 0.0942. The Morgan fingerprint density at radius 2 is 1.93 bits per heavy atom. The molecule has 0 radical (unpaired) electrons. The predicted molar refractivity (Wildman–Crippen MR) is 115 cm³/mol. The average molecular weight is 377 g/mol. The Labute approximate surface area is 166 Å². The fourth-order valence-corrected chi connectivity index (χ4v) is 3.52. The molecule has 0 fully saturated rings. The van der Waals surface area contributed by atoms with Crippen LogP contribution in [0.1, 0.15) is 46.9 Å². The van der Waals surface area contributed by atoms with Gasteiger partial charge in [-0.1, -0.05) is 38.1 Å². The van der Waals surface area contributed by atoms with Crippen LogP contribution >= 0.6 is 0 Å². The van der Waals surface area contributed by atoms with E-state index in [0.717, 1.165) is 27.8 Å². The number of nitrogens with one attached hydrogen (secondary N) is 1. The number of aromatic nitrogens is 1. The first-order valence-electron chi connectivity index (χ1n) is 9.61. The number of carbonyl (C=O) groups excluding carboxylic acids is 1. The zero-order valence-corrected chi connectivity index (χ0v) is 17.1. The van der Waals surface area contributed by atoms with Crippen molar-refractivity contribution in [3.8, 4) is 5.75 Å². The number of nitrogens with zero attached hydrogens (tertiary/aromatic N) is 1. The van der Waals surface area contributed by atoms with Crippen LogP contribution in [0.4, 0.5) is 0 Å². The molecule has 0 aliphatic carbocycles. The SMILES string of the molecule is C=CCn1c(C(=O)NCc2ccc(OC)cc2)c(C)c2cc(C(C)C)ccc21. The van der Waals surface area contributed by atoms with Crippen LogP contribution in [0, 0.1) is 6.92 Å². The maximum absolute atomic E-state index is 13.1. The molecule has 4 heteroatoms. The van der Waals surface area contributed by atoms with Gasteiger partial charge in [0.15, 0.2) is 0 Å². The molecule has 146 valence electrons. The molecule has 1 amide bonds. The fraction of sp³-hybridized carbons (Fsp3) is 0.292. The summed E-state index contributed by atoms with van der Waals surface area (Å²) in [6.07, 6.45) is 1.83. The molecule has 2 aromatic carbocycles. The van der Waals surface area contributed by atoms with Crippen molar-refractivity contribution in [3.05, 3.63) is 77.5 Å². The highest BCUT2D eigenvalue weighted by atomic mass is 16.5. The van der Waals surface area contributed by atoms with Gasteiger partial charge in [0.25, 0.3) is 5.91 Å². The molecule has 1 heterocycles. The van der Waals surface area contributed by atoms with Crippen LogP contribution in [0.25, 0.3) is 10.9 Å². The molecule has 28 heavy (non-hydrogen) atoms. The third-order valence-corrected chi connectivity index (χ3v) is 5.15. The molecule has 0 saturated carbocycles. The molecule has 0 unspecified atom stereocenters. The number of rotatable bonds is 7. The summed E-state index contributed by atoms with van der Waals surface area (Å²) in [6, 6.07) is 14.2. The molecule has 0 bridgehead atoms. The zero-order chi connectivity index (χ0) is 20.3. The molecule has 0 spiro atoms. The number of amides is 1. The van der Waals surface area contributed by atoms with E-state index in [4.69, 9.17) is 4.74 Å². The second-order valence-corrected chi connectivity index (χ2v) is 7.33. The quantitative estimate of drug-likeness (QED) is 0.576. The second kappa shape index (κ2) is 8.34. The van der Waals surface area contributed by atoms with Crippen molar-refractivity contribution >= 4 is 16.8 Å². The van der Waals surface area contributed by atoms with Crippen LogP contribution in [0.15, 0.2) is 55.1 Å². The van der Waals surface area contributed by atoms with E-state index in [1.807, 2.05) is 41.8 Å². The van der Waals surface area contributed by atoms with E-state index < -0.39 is 0 Å². The van der Waals surface area contributed by atoms with Gasteiger partial charge in [-0.05, 0) is 53.8 Å². The lowest BCUT2D eigenvalue weighted by Gasteiger charge is -2.11. The largest absolute Gasteiger partial charge is 0.497 e. The number of allylic oxidation sites excluding steroid dienone is 1. The Kier molecular flexibility index (Phi) is 5.88. The van der Waals surface area contributed by atoms with Crippen LogP contribution in [-0.2, 0) is 13.1 Å². The van der Waals surface area contributed by atoms with Gasteiger partial charge in [0.1, 0.15) is 11.4 Å². The molecular weight excluding hydrogens is 348 g/mol. The van der Waals surface area contributed by atoms with Crippen molar-refractivity contribution in [2.24, 2.45) is 0 Å². The van der Waals surface area contributed by atoms with Gasteiger partial charge in [-0.15, -0.1) is 6.58 Å². The highest BCUT2D eigenvalue weighted by Gasteiger charge is 2.20. The molecule has 1 N–H and O–H groups in total. The van der Waals surface area contributed by atoms with E-state index in [-0.39, 0.29) is 5.91 Å². The normalized spacial score (nSPS) is 11.0. The number of fused-ring (bicyclic) bond motifs is 1. The smallest absolute Gasteiger partial charge is 0.268 e. The minimum absolute atomic E-state index is 0.0718. The van der Waals surface area contributed by atoms with Crippen LogP contribution in [0.5, 0.6) is 5.75 Å². The van der Waals surface area contributed by atoms with E-state index in [1.54, 1.807) is 7.11 Å². The van der Waals surface area contributed by atoms with Crippen molar-refractivity contribution in [1.82, 2.24) is 9.88 Å². The first kappa shape index (κ1) is 19.7. The maximum atomic E-state index is 13.1. The van der Waals surface area contributed by atoms with Gasteiger partial charge in [-0.3, -0.25) is 4.79 Å². The van der Waals surface area contributed by atoms with Gasteiger partial charge < -0.3 is 14.6 Å². The molecular formula is C24H28N2O2. The van der Waals surface area contributed by atoms with Crippen LogP contribution < -0.4 is 10.1 Å². The zero-order valence-electron chi connectivity index (χ0n) is 17.1. The first-order valence-corrected chi connectivity index (χ1v) is 9.61. The number of ether oxygens (including phenoxy) is 1. The minimum atomic E-state index is -0.0718. The summed E-state index contributed by atoms with van der Waals surface area (Å²) < 4.78 is 7.23. The number of methoxy groups -OCH3 is 1. The topological polar surface area (TPSA) is 43.3 Å². The van der Waals surface area contributed by atoms with Crippen LogP contribution in [0.3, 0.4) is 0 Å². The van der Waals surface area contributed by atoms with Gasteiger partial charge in [0, 0.05) is 24.0 Å². The van der Waals surface area contributed by atoms with Crippen molar-refractivity contribution in [1.29, 1.82) is 0 Å². The molecule has 3 rings (SSSR count). The lowest BCUT2D eigenvalue weighted by Crippen LogP contribution is -2.26. The van der Waals surface area contributed by atoms with E-state index >= 15 is 0 Å². The van der Waals surface area contributed by atoms with Crippen LogP contribution in [0.2, 0.25) is 0 Å². The number of carbonyl (C=O) groups is 1. The third kappa shape index (κ3) is 3.81. The Hall–Kier alpha value is -3.01. The Morgan fingerprint density at radius 3 is 2.54 bits per heavy atom. The average Bonchev–Trinajstić information content (AvgIpc) is 2.98. The highest BCUT2D eigenvalue weighted by Crippen LogP contribution is 2.29. The van der Waals surface area contributed by atoms with Crippen molar-refractivity contribution < 1.29 is 9.53 Å². The molecule has 0 aliphatic heterocycles. The summed E-state index contributed by atoms with van der Waals surface area (Å²) in [5.74, 6) is 1.18. The van der Waals surface area contributed by atoms with E-state index in [9.17, 15) is 4.79 Å². The van der Waals surface area contributed by atoms with Crippen LogP contribution in [-0.4, -0.2) is 17.6 Å². The van der Waals surface area contributed by atoms with Crippen molar-refractivity contribution in [2.45, 2.75) is 39.8 Å². The summed E-state index contributed by atoms with van der Waals surface area (Å²) in [6.45, 7) is 11.3. The number of hydrogen-bond acceptors (Lipinski definition) is 2. The monoisotopic (exact) mass is 376 g/mol. The van der Waals surface area contributed by atoms with E-state index in [2.05, 4.69) is 43.9 Å². The summed E-state index contributed by atoms with van der Waals surface area (Å²) >= 11 is 0. The standard InChI is InChI=1S/C24H28N2O2/c1-6-13-26-22-12-9-19(16(2)3)14-21(22)17(4)23(26)24(27)25-15-18-7-10-20(28-5)11-8-18/h6-12,14,16H,1,13,15H2,2-5H3,(H,25,27). The van der Waals surface area contributed by atoms with Crippen molar-refractivity contribution in [3.63, 3.8) is 0 Å². The van der Waals surface area contributed by atoms with Gasteiger partial charge in [-0.25, -0.2) is 0 Å². The minimum Gasteiger partial charge on any atom is -0.497 e. The fourth-order valence-electron chi connectivity index (χ4n) is 3.52. The Bertz CT molecular complexity index is 998. The summed E-state index contributed by atoms with van der Waals surface area (Å²) in [7, 11) is 1.64. The first-order chi connectivity index (χ1) is 13.5. The van der Waals surface area contributed by atoms with Gasteiger partial charge in [0.2, 0.25) is 0 Å². The third-order valence-electron chi connectivity index (χ3n) is 5.15. The second-order valence-electron chi connectivity index (χ2n) is 7.33. The maximum Gasteiger partial charge on any atom is 0.268 e. The highest BCUT2D eigenvalue weighted by molar-refractivity contribution is 6.01. The molecule has 0 atom stereocenters. The van der Waals surface area contributed by atoms with Gasteiger partial charge in [0.05, 0.1) is 7.11 Å². The van der Waals surface area contributed by atoms with E-state index in [0.29, 0.717) is 24.7 Å². The Balaban J connectivity index is 1.93. The molecule has 0 aliphatic rings. The number of aryl methyl sites for hydroxylation is 1.